The van der Waals surface area contributed by atoms with Crippen LogP contribution in [0.2, 0.25) is 0 Å². The number of carbonyl (C=O) groups excluding carboxylic acids is 1. The van der Waals surface area contributed by atoms with Crippen LogP contribution in [0.15, 0.2) is 23.3 Å². The standard InChI is InChI=1S/C18H30N6O.HI/c1-18(2,3)23-17(20-4)22-12-14-6-5-9-21-16(14)24-10-7-13(8-11-24)15(19)25;/h5-6,9,13H,7-8,10-12H2,1-4H3,(H2,19,25)(H2,20,22,23);1H. The minimum Gasteiger partial charge on any atom is -0.369 e. The number of pyridine rings is 1. The monoisotopic (exact) mass is 474 g/mol. The number of hydrogen-bond donors (Lipinski definition) is 3. The van der Waals surface area contributed by atoms with Crippen LogP contribution in [0, 0.1) is 5.92 Å². The summed E-state index contributed by atoms with van der Waals surface area (Å²) in [4.78, 5) is 22.4. The fourth-order valence-corrected chi connectivity index (χ4v) is 2.94. The summed E-state index contributed by atoms with van der Waals surface area (Å²) in [6.07, 6.45) is 3.37. The molecule has 0 aliphatic carbocycles. The van der Waals surface area contributed by atoms with Crippen LogP contribution in [0.4, 0.5) is 5.82 Å². The molecule has 0 bridgehead atoms. The van der Waals surface area contributed by atoms with Crippen molar-refractivity contribution >= 4 is 41.7 Å². The number of carbonyl (C=O) groups is 1. The number of halogens is 1. The Labute approximate surface area is 173 Å². The highest BCUT2D eigenvalue weighted by atomic mass is 127. The van der Waals surface area contributed by atoms with E-state index in [4.69, 9.17) is 5.73 Å². The lowest BCUT2D eigenvalue weighted by Crippen LogP contribution is -2.47. The molecule has 7 nitrogen and oxygen atoms in total. The fraction of sp³-hybridized carbons (Fsp3) is 0.611. The first-order valence-corrected chi connectivity index (χ1v) is 8.77. The molecule has 0 radical (unpaired) electrons. The highest BCUT2D eigenvalue weighted by molar-refractivity contribution is 14.0. The lowest BCUT2D eigenvalue weighted by Gasteiger charge is -2.32. The summed E-state index contributed by atoms with van der Waals surface area (Å²) in [6.45, 7) is 8.52. The van der Waals surface area contributed by atoms with E-state index in [0.717, 1.165) is 43.3 Å². The van der Waals surface area contributed by atoms with E-state index < -0.39 is 0 Å². The van der Waals surface area contributed by atoms with Gasteiger partial charge in [0.25, 0.3) is 0 Å². The summed E-state index contributed by atoms with van der Waals surface area (Å²) >= 11 is 0. The average molecular weight is 474 g/mol. The number of guanidine groups is 1. The number of anilines is 1. The Morgan fingerprint density at radius 3 is 2.58 bits per heavy atom. The zero-order chi connectivity index (χ0) is 18.4. The van der Waals surface area contributed by atoms with E-state index in [0.29, 0.717) is 6.54 Å². The van der Waals surface area contributed by atoms with E-state index in [1.54, 1.807) is 13.2 Å². The predicted octanol–water partition coefficient (Wildman–Crippen LogP) is 1.86. The quantitative estimate of drug-likeness (QED) is 0.352. The minimum atomic E-state index is -0.195. The Balaban J connectivity index is 0.00000338. The Kier molecular flexibility index (Phi) is 8.58. The molecule has 1 aromatic heterocycles. The van der Waals surface area contributed by atoms with E-state index in [-0.39, 0.29) is 41.3 Å². The molecule has 2 rings (SSSR count). The number of piperidine rings is 1. The molecule has 1 amide bonds. The van der Waals surface area contributed by atoms with Crippen molar-refractivity contribution in [3.05, 3.63) is 23.9 Å². The third kappa shape index (κ3) is 6.62. The molecule has 1 aliphatic rings. The van der Waals surface area contributed by atoms with Crippen LogP contribution in [0.5, 0.6) is 0 Å². The van der Waals surface area contributed by atoms with Crippen molar-refractivity contribution in [3.63, 3.8) is 0 Å². The van der Waals surface area contributed by atoms with Crippen molar-refractivity contribution < 1.29 is 4.79 Å². The number of primary amides is 1. The molecule has 1 aliphatic heterocycles. The van der Waals surface area contributed by atoms with E-state index in [9.17, 15) is 4.79 Å². The van der Waals surface area contributed by atoms with Gasteiger partial charge >= 0.3 is 0 Å². The molecule has 1 saturated heterocycles. The number of rotatable bonds is 4. The van der Waals surface area contributed by atoms with Gasteiger partial charge in [0.1, 0.15) is 5.82 Å². The first-order chi connectivity index (χ1) is 11.8. The molecule has 0 unspecified atom stereocenters. The Bertz CT molecular complexity index is 620. The van der Waals surface area contributed by atoms with Crippen LogP contribution in [0.3, 0.4) is 0 Å². The smallest absolute Gasteiger partial charge is 0.220 e. The van der Waals surface area contributed by atoms with Crippen molar-refractivity contribution in [1.29, 1.82) is 0 Å². The van der Waals surface area contributed by atoms with Gasteiger partial charge < -0.3 is 21.3 Å². The highest BCUT2D eigenvalue weighted by Gasteiger charge is 2.25. The van der Waals surface area contributed by atoms with Crippen LogP contribution in [-0.2, 0) is 11.3 Å². The lowest BCUT2D eigenvalue weighted by atomic mass is 9.96. The lowest BCUT2D eigenvalue weighted by molar-refractivity contribution is -0.122. The average Bonchev–Trinajstić information content (AvgIpc) is 2.58. The van der Waals surface area contributed by atoms with E-state index in [1.165, 1.54) is 0 Å². The maximum Gasteiger partial charge on any atom is 0.220 e. The summed E-state index contributed by atoms with van der Waals surface area (Å²) in [6, 6.07) is 4.01. The molecular weight excluding hydrogens is 443 g/mol. The molecule has 1 fully saturated rings. The van der Waals surface area contributed by atoms with Crippen LogP contribution < -0.4 is 21.3 Å². The third-order valence-electron chi connectivity index (χ3n) is 4.23. The van der Waals surface area contributed by atoms with Gasteiger partial charge in [0.05, 0.1) is 0 Å². The maximum absolute atomic E-state index is 11.3. The maximum atomic E-state index is 11.3. The summed E-state index contributed by atoms with van der Waals surface area (Å²) in [5.41, 5.74) is 6.47. The molecule has 8 heteroatoms. The number of aliphatic imine (C=N–C) groups is 1. The second-order valence-corrected chi connectivity index (χ2v) is 7.45. The fourth-order valence-electron chi connectivity index (χ4n) is 2.94. The minimum absolute atomic E-state index is 0. The van der Waals surface area contributed by atoms with E-state index >= 15 is 0 Å². The molecule has 2 heterocycles. The van der Waals surface area contributed by atoms with Crippen molar-refractivity contribution in [2.24, 2.45) is 16.6 Å². The first kappa shape index (κ1) is 22.5. The SMILES string of the molecule is CN=C(NCc1cccnc1N1CCC(C(N)=O)CC1)NC(C)(C)C.I. The molecule has 1 aromatic rings. The topological polar surface area (TPSA) is 95.6 Å². The molecule has 0 saturated carbocycles. The normalized spacial score (nSPS) is 16.0. The van der Waals surface area contributed by atoms with Gasteiger partial charge in [-0.1, -0.05) is 6.07 Å². The number of nitrogens with zero attached hydrogens (tertiary/aromatic N) is 3. The van der Waals surface area contributed by atoms with Gasteiger partial charge in [-0.2, -0.15) is 0 Å². The van der Waals surface area contributed by atoms with Gasteiger partial charge in [-0.3, -0.25) is 9.79 Å². The second-order valence-electron chi connectivity index (χ2n) is 7.45. The Morgan fingerprint density at radius 2 is 2.04 bits per heavy atom. The van der Waals surface area contributed by atoms with Gasteiger partial charge in [0, 0.05) is 49.9 Å². The zero-order valence-electron chi connectivity index (χ0n) is 16.1. The molecule has 0 spiro atoms. The molecule has 4 N–H and O–H groups in total. The van der Waals surface area contributed by atoms with Gasteiger partial charge in [0.15, 0.2) is 5.96 Å². The van der Waals surface area contributed by atoms with Crippen molar-refractivity contribution in [1.82, 2.24) is 15.6 Å². The van der Waals surface area contributed by atoms with E-state index in [2.05, 4.69) is 52.3 Å². The van der Waals surface area contributed by atoms with Crippen molar-refractivity contribution in [3.8, 4) is 0 Å². The van der Waals surface area contributed by atoms with E-state index in [1.807, 2.05) is 6.07 Å². The number of amides is 1. The second kappa shape index (κ2) is 9.94. The van der Waals surface area contributed by atoms with Gasteiger partial charge in [-0.05, 0) is 39.7 Å². The van der Waals surface area contributed by atoms with Crippen molar-refractivity contribution in [2.45, 2.75) is 45.7 Å². The molecular formula is C18H31IN6O. The largest absolute Gasteiger partial charge is 0.369 e. The third-order valence-corrected chi connectivity index (χ3v) is 4.23. The van der Waals surface area contributed by atoms with Crippen LogP contribution in [-0.4, -0.2) is 42.5 Å². The number of nitrogens with two attached hydrogens (primary N) is 1. The number of nitrogens with one attached hydrogen (secondary N) is 2. The molecule has 146 valence electrons. The van der Waals surface area contributed by atoms with Gasteiger partial charge in [-0.25, -0.2) is 4.98 Å². The number of aromatic nitrogens is 1. The van der Waals surface area contributed by atoms with Crippen molar-refractivity contribution in [2.75, 3.05) is 25.0 Å². The first-order valence-electron chi connectivity index (χ1n) is 8.77. The molecule has 0 atom stereocenters. The van der Waals surface area contributed by atoms with Crippen LogP contribution >= 0.6 is 24.0 Å². The van der Waals surface area contributed by atoms with Crippen LogP contribution in [0.1, 0.15) is 39.2 Å². The van der Waals surface area contributed by atoms with Gasteiger partial charge in [0.2, 0.25) is 5.91 Å². The predicted molar refractivity (Wildman–Crippen MR) is 117 cm³/mol. The summed E-state index contributed by atoms with van der Waals surface area (Å²) in [7, 11) is 1.76. The summed E-state index contributed by atoms with van der Waals surface area (Å²) < 4.78 is 0. The Hall–Kier alpha value is -1.58. The molecule has 26 heavy (non-hydrogen) atoms. The summed E-state index contributed by atoms with van der Waals surface area (Å²) in [5, 5.41) is 6.69. The number of hydrogen-bond acceptors (Lipinski definition) is 4. The van der Waals surface area contributed by atoms with Crippen LogP contribution in [0.25, 0.3) is 0 Å². The summed E-state index contributed by atoms with van der Waals surface area (Å²) in [5.74, 6) is 1.51. The molecule has 0 aromatic carbocycles. The zero-order valence-corrected chi connectivity index (χ0v) is 18.4. The van der Waals surface area contributed by atoms with Gasteiger partial charge in [-0.15, -0.1) is 24.0 Å². The highest BCUT2D eigenvalue weighted by Crippen LogP contribution is 2.24. The Morgan fingerprint density at radius 1 is 1.38 bits per heavy atom.